The van der Waals surface area contributed by atoms with Crippen molar-refractivity contribution in [3.05, 3.63) is 59.7 Å². The summed E-state index contributed by atoms with van der Waals surface area (Å²) < 4.78 is 5.65. The molecule has 0 aliphatic carbocycles. The third kappa shape index (κ3) is 7.04. The monoisotopic (exact) mass is 453 g/mol. The van der Waals surface area contributed by atoms with Crippen molar-refractivity contribution in [1.82, 2.24) is 4.90 Å². The van der Waals surface area contributed by atoms with Crippen LogP contribution in [0, 0.1) is 0 Å². The molecule has 1 aliphatic rings. The molecule has 0 radical (unpaired) electrons. The van der Waals surface area contributed by atoms with Crippen molar-refractivity contribution < 1.29 is 19.4 Å². The zero-order chi connectivity index (χ0) is 23.8. The fraction of sp³-hybridized carbons (Fsp3) is 0.462. The number of piperidine rings is 1. The van der Waals surface area contributed by atoms with Crippen molar-refractivity contribution >= 4 is 23.3 Å². The summed E-state index contributed by atoms with van der Waals surface area (Å²) in [6.07, 6.45) is 3.30. The second-order valence-electron chi connectivity index (χ2n) is 8.83. The van der Waals surface area contributed by atoms with Crippen molar-refractivity contribution in [2.45, 2.75) is 45.3 Å². The number of carboxylic acids is 1. The molecule has 0 bridgehead atoms. The zero-order valence-electron chi connectivity index (χ0n) is 19.8. The third-order valence-corrected chi connectivity index (χ3v) is 6.06. The second-order valence-corrected chi connectivity index (χ2v) is 8.83. The Hall–Kier alpha value is -2.90. The lowest BCUT2D eigenvalue weighted by Gasteiger charge is -2.38. The number of anilines is 2. The second kappa shape index (κ2) is 11.8. The SMILES string of the molecule is CC(C)OCCCN(C)C1CCN(c2ccc(C(=O)O)cc2NC(=O)c2ccccc2)CC1. The number of hydrogen-bond acceptors (Lipinski definition) is 5. The van der Waals surface area contributed by atoms with Crippen molar-refractivity contribution in [2.24, 2.45) is 0 Å². The average molecular weight is 454 g/mol. The average Bonchev–Trinajstić information content (AvgIpc) is 2.82. The lowest BCUT2D eigenvalue weighted by molar-refractivity contribution is 0.0681. The molecule has 1 amide bonds. The van der Waals surface area contributed by atoms with Crippen LogP contribution in [0.1, 0.15) is 53.8 Å². The fourth-order valence-electron chi connectivity index (χ4n) is 4.19. The first-order valence-corrected chi connectivity index (χ1v) is 11.7. The number of rotatable bonds is 10. The van der Waals surface area contributed by atoms with Crippen LogP contribution < -0.4 is 10.2 Å². The minimum atomic E-state index is -1.02. The van der Waals surface area contributed by atoms with Gasteiger partial charge in [0.1, 0.15) is 0 Å². The molecule has 2 aromatic carbocycles. The number of carboxylic acid groups (broad SMARTS) is 1. The Labute approximate surface area is 196 Å². The van der Waals surface area contributed by atoms with Crippen LogP contribution >= 0.6 is 0 Å². The van der Waals surface area contributed by atoms with Crippen LogP contribution in [0.2, 0.25) is 0 Å². The van der Waals surface area contributed by atoms with E-state index in [2.05, 4.69) is 36.0 Å². The zero-order valence-corrected chi connectivity index (χ0v) is 19.8. The van der Waals surface area contributed by atoms with E-state index in [1.807, 2.05) is 6.07 Å². The van der Waals surface area contributed by atoms with Gasteiger partial charge in [0.25, 0.3) is 5.91 Å². The van der Waals surface area contributed by atoms with Crippen LogP contribution in [0.15, 0.2) is 48.5 Å². The molecule has 3 rings (SSSR count). The van der Waals surface area contributed by atoms with Gasteiger partial charge in [-0.3, -0.25) is 4.79 Å². The van der Waals surface area contributed by atoms with E-state index in [4.69, 9.17) is 4.74 Å². The van der Waals surface area contributed by atoms with Gasteiger partial charge in [-0.1, -0.05) is 18.2 Å². The Balaban J connectivity index is 1.65. The first kappa shape index (κ1) is 24.7. The summed E-state index contributed by atoms with van der Waals surface area (Å²) in [4.78, 5) is 28.9. The molecule has 7 nitrogen and oxygen atoms in total. The molecule has 33 heavy (non-hydrogen) atoms. The van der Waals surface area contributed by atoms with E-state index in [9.17, 15) is 14.7 Å². The lowest BCUT2D eigenvalue weighted by atomic mass is 10.0. The Morgan fingerprint density at radius 2 is 1.82 bits per heavy atom. The van der Waals surface area contributed by atoms with Gasteiger partial charge in [0.15, 0.2) is 0 Å². The predicted octanol–water partition coefficient (Wildman–Crippen LogP) is 4.35. The van der Waals surface area contributed by atoms with Gasteiger partial charge < -0.3 is 25.0 Å². The van der Waals surface area contributed by atoms with Crippen LogP contribution in [-0.4, -0.2) is 67.3 Å². The first-order valence-electron chi connectivity index (χ1n) is 11.7. The van der Waals surface area contributed by atoms with E-state index in [-0.39, 0.29) is 17.6 Å². The highest BCUT2D eigenvalue weighted by Gasteiger charge is 2.25. The maximum absolute atomic E-state index is 12.7. The van der Waals surface area contributed by atoms with Crippen molar-refractivity contribution in [3.63, 3.8) is 0 Å². The number of carbonyl (C=O) groups excluding carboxylic acids is 1. The number of nitrogens with one attached hydrogen (secondary N) is 1. The molecule has 2 N–H and O–H groups in total. The molecule has 0 saturated carbocycles. The van der Waals surface area contributed by atoms with E-state index in [0.29, 0.717) is 17.3 Å². The summed E-state index contributed by atoms with van der Waals surface area (Å²) in [6, 6.07) is 14.4. The van der Waals surface area contributed by atoms with Crippen LogP contribution in [0.25, 0.3) is 0 Å². The number of aromatic carboxylic acids is 1. The number of carbonyl (C=O) groups is 2. The van der Waals surface area contributed by atoms with Gasteiger partial charge in [-0.05, 0) is 70.5 Å². The smallest absolute Gasteiger partial charge is 0.335 e. The minimum absolute atomic E-state index is 0.153. The highest BCUT2D eigenvalue weighted by atomic mass is 16.5. The summed E-state index contributed by atoms with van der Waals surface area (Å²) in [5, 5.41) is 12.4. The summed E-state index contributed by atoms with van der Waals surface area (Å²) in [5.41, 5.74) is 2.07. The molecule has 2 aromatic rings. The molecule has 1 heterocycles. The molecular weight excluding hydrogens is 418 g/mol. The van der Waals surface area contributed by atoms with Gasteiger partial charge >= 0.3 is 5.97 Å². The Morgan fingerprint density at radius 3 is 2.45 bits per heavy atom. The topological polar surface area (TPSA) is 82.1 Å². The highest BCUT2D eigenvalue weighted by molar-refractivity contribution is 6.06. The van der Waals surface area contributed by atoms with Gasteiger partial charge in [-0.15, -0.1) is 0 Å². The largest absolute Gasteiger partial charge is 0.478 e. The minimum Gasteiger partial charge on any atom is -0.478 e. The van der Waals surface area contributed by atoms with Crippen LogP contribution in [-0.2, 0) is 4.74 Å². The molecule has 0 atom stereocenters. The molecule has 1 fully saturated rings. The molecule has 7 heteroatoms. The van der Waals surface area contributed by atoms with E-state index in [1.54, 1.807) is 42.5 Å². The Bertz CT molecular complexity index is 924. The van der Waals surface area contributed by atoms with Gasteiger partial charge in [-0.2, -0.15) is 0 Å². The van der Waals surface area contributed by atoms with Gasteiger partial charge in [0.2, 0.25) is 0 Å². The number of nitrogens with zero attached hydrogens (tertiary/aromatic N) is 2. The number of amides is 1. The van der Waals surface area contributed by atoms with Crippen LogP contribution in [0.3, 0.4) is 0 Å². The molecular formula is C26H35N3O4. The van der Waals surface area contributed by atoms with Crippen LogP contribution in [0.4, 0.5) is 11.4 Å². The fourth-order valence-corrected chi connectivity index (χ4v) is 4.19. The number of benzene rings is 2. The predicted molar refractivity (Wildman–Crippen MR) is 131 cm³/mol. The van der Waals surface area contributed by atoms with Crippen molar-refractivity contribution in [2.75, 3.05) is 43.5 Å². The van der Waals surface area contributed by atoms with Gasteiger partial charge in [-0.25, -0.2) is 4.79 Å². The van der Waals surface area contributed by atoms with Crippen LogP contribution in [0.5, 0.6) is 0 Å². The Kier molecular flexibility index (Phi) is 8.86. The third-order valence-electron chi connectivity index (χ3n) is 6.06. The summed E-state index contributed by atoms with van der Waals surface area (Å²) >= 11 is 0. The summed E-state index contributed by atoms with van der Waals surface area (Å²) in [6.45, 7) is 7.58. The number of hydrogen-bond donors (Lipinski definition) is 2. The first-order chi connectivity index (χ1) is 15.8. The molecule has 0 aromatic heterocycles. The quantitative estimate of drug-likeness (QED) is 0.521. The maximum atomic E-state index is 12.7. The van der Waals surface area contributed by atoms with E-state index in [1.165, 1.54) is 0 Å². The van der Waals surface area contributed by atoms with E-state index < -0.39 is 5.97 Å². The van der Waals surface area contributed by atoms with E-state index >= 15 is 0 Å². The normalized spacial score (nSPS) is 14.6. The van der Waals surface area contributed by atoms with Crippen molar-refractivity contribution in [3.8, 4) is 0 Å². The summed E-state index contributed by atoms with van der Waals surface area (Å²) in [7, 11) is 2.17. The standard InChI is InChI=1S/C26H35N3O4/c1-19(2)33-17-7-14-28(3)22-12-15-29(16-13-22)24-11-10-21(26(31)32)18-23(24)27-25(30)20-8-5-4-6-9-20/h4-6,8-11,18-19,22H,7,12-17H2,1-3H3,(H,27,30)(H,31,32). The Morgan fingerprint density at radius 1 is 1.12 bits per heavy atom. The van der Waals surface area contributed by atoms with Gasteiger partial charge in [0, 0.05) is 37.8 Å². The summed E-state index contributed by atoms with van der Waals surface area (Å²) in [5.74, 6) is -1.27. The lowest BCUT2D eigenvalue weighted by Crippen LogP contribution is -2.44. The molecule has 0 spiro atoms. The number of ether oxygens (including phenoxy) is 1. The molecule has 0 unspecified atom stereocenters. The molecule has 1 saturated heterocycles. The van der Waals surface area contributed by atoms with E-state index in [0.717, 1.165) is 51.2 Å². The van der Waals surface area contributed by atoms with Gasteiger partial charge in [0.05, 0.1) is 23.0 Å². The molecule has 178 valence electrons. The highest BCUT2D eigenvalue weighted by Crippen LogP contribution is 2.31. The van der Waals surface area contributed by atoms with Crippen molar-refractivity contribution in [1.29, 1.82) is 0 Å². The molecule has 1 aliphatic heterocycles. The maximum Gasteiger partial charge on any atom is 0.335 e.